The first kappa shape index (κ1) is 19.8. The minimum absolute atomic E-state index is 0.148. The van der Waals surface area contributed by atoms with E-state index < -0.39 is 5.25 Å². The number of carbonyl (C=O) groups excluding carboxylic acids is 1. The summed E-state index contributed by atoms with van der Waals surface area (Å²) in [6, 6.07) is 19.0. The van der Waals surface area contributed by atoms with Crippen molar-refractivity contribution in [2.45, 2.75) is 17.3 Å². The minimum Gasteiger partial charge on any atom is -0.325 e. The topological polar surface area (TPSA) is 72.7 Å². The molecule has 2 aromatic carbocycles. The van der Waals surface area contributed by atoms with Crippen LogP contribution in [0, 0.1) is 5.82 Å². The molecule has 1 atom stereocenters. The first-order valence-electron chi connectivity index (χ1n) is 9.26. The number of amides is 1. The van der Waals surface area contributed by atoms with Crippen molar-refractivity contribution in [2.75, 3.05) is 5.32 Å². The summed E-state index contributed by atoms with van der Waals surface area (Å²) in [6.45, 7) is 1.80. The fourth-order valence-electron chi connectivity index (χ4n) is 2.83. The molecule has 1 N–H and O–H groups in total. The monoisotopic (exact) mass is 419 g/mol. The average molecular weight is 419 g/mol. The number of hydrogen-bond donors (Lipinski definition) is 1. The van der Waals surface area contributed by atoms with Gasteiger partial charge in [0.2, 0.25) is 5.91 Å². The van der Waals surface area contributed by atoms with Gasteiger partial charge in [-0.1, -0.05) is 30.0 Å². The molecule has 0 bridgehead atoms. The molecule has 0 aliphatic heterocycles. The highest BCUT2D eigenvalue weighted by Crippen LogP contribution is 2.30. The Labute approximate surface area is 177 Å². The number of benzene rings is 2. The van der Waals surface area contributed by atoms with Crippen molar-refractivity contribution in [3.05, 3.63) is 84.9 Å². The molecule has 0 radical (unpaired) electrons. The van der Waals surface area contributed by atoms with Gasteiger partial charge in [-0.25, -0.2) is 4.39 Å². The van der Waals surface area contributed by atoms with Crippen LogP contribution in [-0.4, -0.2) is 30.9 Å². The molecule has 2 aromatic heterocycles. The van der Waals surface area contributed by atoms with Crippen LogP contribution < -0.4 is 5.32 Å². The smallest absolute Gasteiger partial charge is 0.237 e. The summed E-state index contributed by atoms with van der Waals surface area (Å²) in [5.74, 6) is 0.106. The highest BCUT2D eigenvalue weighted by molar-refractivity contribution is 8.00. The van der Waals surface area contributed by atoms with Crippen molar-refractivity contribution >= 4 is 23.4 Å². The van der Waals surface area contributed by atoms with Crippen LogP contribution in [0.1, 0.15) is 6.92 Å². The summed E-state index contributed by atoms with van der Waals surface area (Å²) in [7, 11) is 0. The second-order valence-electron chi connectivity index (χ2n) is 6.47. The summed E-state index contributed by atoms with van der Waals surface area (Å²) in [5, 5.41) is 11.6. The van der Waals surface area contributed by atoms with Gasteiger partial charge >= 0.3 is 0 Å². The predicted octanol–water partition coefficient (Wildman–Crippen LogP) is 4.59. The Morgan fingerprint density at radius 2 is 1.70 bits per heavy atom. The number of carbonyl (C=O) groups is 1. The van der Waals surface area contributed by atoms with Gasteiger partial charge in [-0.3, -0.25) is 14.3 Å². The third-order valence-electron chi connectivity index (χ3n) is 4.35. The van der Waals surface area contributed by atoms with E-state index in [1.54, 1.807) is 31.5 Å². The lowest BCUT2D eigenvalue weighted by Crippen LogP contribution is -2.22. The maximum Gasteiger partial charge on any atom is 0.237 e. The van der Waals surface area contributed by atoms with E-state index in [0.717, 1.165) is 11.3 Å². The Bertz CT molecular complexity index is 1130. The molecular formula is C22H18FN5OS. The summed E-state index contributed by atoms with van der Waals surface area (Å²) >= 11 is 1.28. The normalized spacial score (nSPS) is 11.8. The number of anilines is 1. The average Bonchev–Trinajstić information content (AvgIpc) is 3.19. The SMILES string of the molecule is CC(Sc1nnc(-c2ccncc2)n1-c1ccc(F)cc1)C(=O)Nc1ccccc1. The van der Waals surface area contributed by atoms with Crippen molar-refractivity contribution in [3.63, 3.8) is 0 Å². The predicted molar refractivity (Wildman–Crippen MR) is 115 cm³/mol. The van der Waals surface area contributed by atoms with Gasteiger partial charge in [0.25, 0.3) is 0 Å². The second kappa shape index (κ2) is 8.87. The first-order chi connectivity index (χ1) is 14.6. The van der Waals surface area contributed by atoms with Crippen LogP contribution in [0.3, 0.4) is 0 Å². The van der Waals surface area contributed by atoms with Gasteiger partial charge in [-0.05, 0) is 55.5 Å². The third kappa shape index (κ3) is 4.38. The highest BCUT2D eigenvalue weighted by Gasteiger charge is 2.22. The first-order valence-corrected chi connectivity index (χ1v) is 10.1. The van der Waals surface area contributed by atoms with Crippen LogP contribution in [0.25, 0.3) is 17.1 Å². The number of aromatic nitrogens is 4. The van der Waals surface area contributed by atoms with E-state index in [2.05, 4.69) is 20.5 Å². The van der Waals surface area contributed by atoms with Gasteiger partial charge < -0.3 is 5.32 Å². The number of para-hydroxylation sites is 1. The lowest BCUT2D eigenvalue weighted by atomic mass is 10.2. The third-order valence-corrected chi connectivity index (χ3v) is 5.39. The largest absolute Gasteiger partial charge is 0.325 e. The zero-order valence-electron chi connectivity index (χ0n) is 16.1. The summed E-state index contributed by atoms with van der Waals surface area (Å²) in [5.41, 5.74) is 2.24. The molecule has 2 heterocycles. The van der Waals surface area contributed by atoms with Crippen LogP contribution in [0.4, 0.5) is 10.1 Å². The van der Waals surface area contributed by atoms with E-state index in [1.807, 2.05) is 47.0 Å². The van der Waals surface area contributed by atoms with Crippen molar-refractivity contribution < 1.29 is 9.18 Å². The number of hydrogen-bond acceptors (Lipinski definition) is 5. The molecule has 1 amide bonds. The summed E-state index contributed by atoms with van der Waals surface area (Å²) < 4.78 is 15.3. The number of pyridine rings is 1. The van der Waals surface area contributed by atoms with Crippen LogP contribution in [-0.2, 0) is 4.79 Å². The molecule has 6 nitrogen and oxygen atoms in total. The molecule has 0 aliphatic rings. The molecular weight excluding hydrogens is 401 g/mol. The quantitative estimate of drug-likeness (QED) is 0.463. The van der Waals surface area contributed by atoms with Crippen LogP contribution in [0.2, 0.25) is 0 Å². The molecule has 1 unspecified atom stereocenters. The second-order valence-corrected chi connectivity index (χ2v) is 7.78. The van der Waals surface area contributed by atoms with E-state index in [-0.39, 0.29) is 11.7 Å². The fourth-order valence-corrected chi connectivity index (χ4v) is 3.70. The summed E-state index contributed by atoms with van der Waals surface area (Å²) in [6.07, 6.45) is 3.34. The number of nitrogens with zero attached hydrogens (tertiary/aromatic N) is 4. The molecule has 30 heavy (non-hydrogen) atoms. The van der Waals surface area contributed by atoms with Gasteiger partial charge in [0, 0.05) is 29.3 Å². The van der Waals surface area contributed by atoms with Gasteiger partial charge in [-0.15, -0.1) is 10.2 Å². The molecule has 8 heteroatoms. The van der Waals surface area contributed by atoms with Gasteiger partial charge in [0.15, 0.2) is 11.0 Å². The van der Waals surface area contributed by atoms with E-state index in [1.165, 1.54) is 23.9 Å². The molecule has 4 aromatic rings. The molecule has 0 saturated heterocycles. The molecule has 0 fully saturated rings. The highest BCUT2D eigenvalue weighted by atomic mass is 32.2. The fraction of sp³-hybridized carbons (Fsp3) is 0.0909. The molecule has 0 saturated carbocycles. The van der Waals surface area contributed by atoms with Crippen molar-refractivity contribution in [1.29, 1.82) is 0 Å². The zero-order chi connectivity index (χ0) is 20.9. The number of thioether (sulfide) groups is 1. The Morgan fingerprint density at radius 3 is 2.40 bits per heavy atom. The van der Waals surface area contributed by atoms with E-state index in [4.69, 9.17) is 0 Å². The molecule has 0 aliphatic carbocycles. The number of nitrogens with one attached hydrogen (secondary N) is 1. The Hall–Kier alpha value is -3.52. The van der Waals surface area contributed by atoms with E-state index >= 15 is 0 Å². The maximum absolute atomic E-state index is 13.5. The Balaban J connectivity index is 1.65. The lowest BCUT2D eigenvalue weighted by molar-refractivity contribution is -0.115. The van der Waals surface area contributed by atoms with Crippen LogP contribution in [0.15, 0.2) is 84.3 Å². The van der Waals surface area contributed by atoms with Crippen molar-refractivity contribution in [3.8, 4) is 17.1 Å². The molecule has 4 rings (SSSR count). The minimum atomic E-state index is -0.432. The van der Waals surface area contributed by atoms with E-state index in [9.17, 15) is 9.18 Å². The van der Waals surface area contributed by atoms with Gasteiger partial charge in [0.1, 0.15) is 5.82 Å². The lowest BCUT2D eigenvalue weighted by Gasteiger charge is -2.14. The molecule has 0 spiro atoms. The maximum atomic E-state index is 13.5. The van der Waals surface area contributed by atoms with Gasteiger partial charge in [0.05, 0.1) is 5.25 Å². The standard InChI is InChI=1S/C22H18FN5OS/c1-15(21(29)25-18-5-3-2-4-6-18)30-22-27-26-20(16-11-13-24-14-12-16)28(22)19-9-7-17(23)8-10-19/h2-15H,1H3,(H,25,29). The number of rotatable bonds is 6. The Kier molecular flexibility index (Phi) is 5.85. The van der Waals surface area contributed by atoms with E-state index in [0.29, 0.717) is 16.7 Å². The molecule has 150 valence electrons. The van der Waals surface area contributed by atoms with Crippen molar-refractivity contribution in [2.24, 2.45) is 0 Å². The van der Waals surface area contributed by atoms with Crippen molar-refractivity contribution in [1.82, 2.24) is 19.7 Å². The zero-order valence-corrected chi connectivity index (χ0v) is 16.9. The number of halogens is 1. The Morgan fingerprint density at radius 1 is 1.00 bits per heavy atom. The van der Waals surface area contributed by atoms with Crippen LogP contribution >= 0.6 is 11.8 Å². The van der Waals surface area contributed by atoms with Crippen LogP contribution in [0.5, 0.6) is 0 Å². The summed E-state index contributed by atoms with van der Waals surface area (Å²) in [4.78, 5) is 16.7. The van der Waals surface area contributed by atoms with Gasteiger partial charge in [-0.2, -0.15) is 0 Å².